The molecule has 1 rings (SSSR count). The lowest BCUT2D eigenvalue weighted by atomic mass is 9.76. The zero-order valence-corrected chi connectivity index (χ0v) is 12.7. The van der Waals surface area contributed by atoms with Gasteiger partial charge < -0.3 is 10.2 Å². The van der Waals surface area contributed by atoms with Gasteiger partial charge in [0.15, 0.2) is 0 Å². The van der Waals surface area contributed by atoms with Crippen LogP contribution in [-0.2, 0) is 0 Å². The van der Waals surface area contributed by atoms with Gasteiger partial charge >= 0.3 is 0 Å². The third kappa shape index (κ3) is 6.17. The van der Waals surface area contributed by atoms with Gasteiger partial charge in [-0.3, -0.25) is 0 Å². The highest BCUT2D eigenvalue weighted by atomic mass is 19.3. The highest BCUT2D eigenvalue weighted by molar-refractivity contribution is 4.86. The zero-order valence-electron chi connectivity index (χ0n) is 12.7. The average molecular weight is 276 g/mol. The third-order valence-corrected chi connectivity index (χ3v) is 4.32. The van der Waals surface area contributed by atoms with E-state index < -0.39 is 6.43 Å². The molecule has 19 heavy (non-hydrogen) atoms. The van der Waals surface area contributed by atoms with E-state index in [2.05, 4.69) is 19.2 Å². The molecule has 4 heteroatoms. The van der Waals surface area contributed by atoms with Crippen molar-refractivity contribution in [2.24, 2.45) is 11.8 Å². The lowest BCUT2D eigenvalue weighted by molar-refractivity contribution is 0.0781. The monoisotopic (exact) mass is 276 g/mol. The van der Waals surface area contributed by atoms with Crippen molar-refractivity contribution in [2.75, 3.05) is 26.7 Å². The van der Waals surface area contributed by atoms with Gasteiger partial charge in [-0.05, 0) is 51.1 Å². The molecule has 0 aromatic heterocycles. The maximum absolute atomic E-state index is 12.4. The van der Waals surface area contributed by atoms with Crippen LogP contribution < -0.4 is 5.32 Å². The molecule has 114 valence electrons. The van der Waals surface area contributed by atoms with Crippen LogP contribution >= 0.6 is 0 Å². The van der Waals surface area contributed by atoms with Gasteiger partial charge in [0.25, 0.3) is 6.43 Å². The third-order valence-electron chi connectivity index (χ3n) is 4.32. The van der Waals surface area contributed by atoms with Crippen molar-refractivity contribution < 1.29 is 8.78 Å². The number of hydrogen-bond acceptors (Lipinski definition) is 2. The first-order valence-corrected chi connectivity index (χ1v) is 7.76. The van der Waals surface area contributed by atoms with E-state index in [1.165, 1.54) is 25.7 Å². The molecule has 1 N–H and O–H groups in total. The van der Waals surface area contributed by atoms with Gasteiger partial charge in [-0.15, -0.1) is 0 Å². The molecule has 0 aliphatic heterocycles. The Morgan fingerprint density at radius 1 is 1.26 bits per heavy atom. The van der Waals surface area contributed by atoms with Gasteiger partial charge in [0.1, 0.15) is 0 Å². The Kier molecular flexibility index (Phi) is 7.84. The first-order valence-electron chi connectivity index (χ1n) is 7.76. The predicted molar refractivity (Wildman–Crippen MR) is 76.7 cm³/mol. The Morgan fingerprint density at radius 3 is 2.58 bits per heavy atom. The van der Waals surface area contributed by atoms with Crippen LogP contribution in [0, 0.1) is 11.8 Å². The van der Waals surface area contributed by atoms with Crippen LogP contribution in [0.15, 0.2) is 0 Å². The molecule has 1 aliphatic carbocycles. The SMILES string of the molecule is CCCNC1CCC(CC)CC1CN(C)CC(F)F. The summed E-state index contributed by atoms with van der Waals surface area (Å²) >= 11 is 0. The Hall–Kier alpha value is -0.220. The van der Waals surface area contributed by atoms with E-state index in [1.54, 1.807) is 4.90 Å². The van der Waals surface area contributed by atoms with E-state index in [0.29, 0.717) is 12.0 Å². The van der Waals surface area contributed by atoms with Crippen molar-refractivity contribution >= 4 is 0 Å². The molecule has 0 saturated heterocycles. The van der Waals surface area contributed by atoms with Crippen LogP contribution in [0.1, 0.15) is 46.0 Å². The van der Waals surface area contributed by atoms with Gasteiger partial charge in [-0.2, -0.15) is 0 Å². The normalized spacial score (nSPS) is 28.3. The Balaban J connectivity index is 2.49. The fourth-order valence-corrected chi connectivity index (χ4v) is 3.24. The summed E-state index contributed by atoms with van der Waals surface area (Å²) in [6.45, 7) is 6.14. The van der Waals surface area contributed by atoms with Crippen LogP contribution in [0.3, 0.4) is 0 Å². The van der Waals surface area contributed by atoms with Crippen molar-refractivity contribution in [1.82, 2.24) is 10.2 Å². The second-order valence-electron chi connectivity index (χ2n) is 6.02. The summed E-state index contributed by atoms with van der Waals surface area (Å²) in [5, 5.41) is 3.61. The molecule has 0 spiro atoms. The zero-order chi connectivity index (χ0) is 14.3. The lowest BCUT2D eigenvalue weighted by Gasteiger charge is -2.38. The van der Waals surface area contributed by atoms with Crippen LogP contribution in [0.2, 0.25) is 0 Å². The molecule has 0 aromatic rings. The quantitative estimate of drug-likeness (QED) is 0.731. The molecule has 0 heterocycles. The van der Waals surface area contributed by atoms with Gasteiger partial charge in [0, 0.05) is 12.6 Å². The molecule has 1 aliphatic rings. The molecule has 0 aromatic carbocycles. The number of halogens is 2. The molecular formula is C15H30F2N2. The van der Waals surface area contributed by atoms with Crippen LogP contribution in [0.25, 0.3) is 0 Å². The largest absolute Gasteiger partial charge is 0.314 e. The second kappa shape index (κ2) is 8.85. The van der Waals surface area contributed by atoms with Crippen molar-refractivity contribution in [3.63, 3.8) is 0 Å². The minimum atomic E-state index is -2.22. The first kappa shape index (κ1) is 16.8. The van der Waals surface area contributed by atoms with E-state index in [9.17, 15) is 8.78 Å². The lowest BCUT2D eigenvalue weighted by Crippen LogP contribution is -2.46. The number of nitrogens with one attached hydrogen (secondary N) is 1. The summed E-state index contributed by atoms with van der Waals surface area (Å²) in [5.41, 5.74) is 0. The number of alkyl halides is 2. The van der Waals surface area contributed by atoms with E-state index in [0.717, 1.165) is 25.4 Å². The molecular weight excluding hydrogens is 246 g/mol. The maximum Gasteiger partial charge on any atom is 0.251 e. The minimum Gasteiger partial charge on any atom is -0.314 e. The van der Waals surface area contributed by atoms with Gasteiger partial charge in [-0.25, -0.2) is 8.78 Å². The Labute approximate surface area is 116 Å². The summed E-state index contributed by atoms with van der Waals surface area (Å²) in [5.74, 6) is 1.30. The number of nitrogens with zero attached hydrogens (tertiary/aromatic N) is 1. The van der Waals surface area contributed by atoms with Crippen molar-refractivity contribution in [1.29, 1.82) is 0 Å². The maximum atomic E-state index is 12.4. The van der Waals surface area contributed by atoms with Gasteiger partial charge in [0.2, 0.25) is 0 Å². The fourth-order valence-electron chi connectivity index (χ4n) is 3.24. The van der Waals surface area contributed by atoms with E-state index in [4.69, 9.17) is 0 Å². The fraction of sp³-hybridized carbons (Fsp3) is 1.00. The smallest absolute Gasteiger partial charge is 0.251 e. The van der Waals surface area contributed by atoms with E-state index in [1.807, 2.05) is 7.05 Å². The van der Waals surface area contributed by atoms with Crippen molar-refractivity contribution in [3.8, 4) is 0 Å². The van der Waals surface area contributed by atoms with E-state index in [-0.39, 0.29) is 6.54 Å². The van der Waals surface area contributed by atoms with Gasteiger partial charge in [-0.1, -0.05) is 20.3 Å². The molecule has 3 atom stereocenters. The van der Waals surface area contributed by atoms with Crippen LogP contribution in [-0.4, -0.2) is 44.0 Å². The van der Waals surface area contributed by atoms with Gasteiger partial charge in [0.05, 0.1) is 6.54 Å². The molecule has 0 bridgehead atoms. The van der Waals surface area contributed by atoms with Crippen LogP contribution in [0.5, 0.6) is 0 Å². The van der Waals surface area contributed by atoms with Crippen LogP contribution in [0.4, 0.5) is 8.78 Å². The summed E-state index contributed by atoms with van der Waals surface area (Å²) in [7, 11) is 1.82. The molecule has 1 saturated carbocycles. The number of rotatable bonds is 8. The molecule has 3 unspecified atom stereocenters. The molecule has 1 fully saturated rings. The average Bonchev–Trinajstić information content (AvgIpc) is 2.36. The van der Waals surface area contributed by atoms with E-state index >= 15 is 0 Å². The first-order chi connectivity index (χ1) is 9.06. The highest BCUT2D eigenvalue weighted by Crippen LogP contribution is 2.31. The summed E-state index contributed by atoms with van der Waals surface area (Å²) in [6.07, 6.45) is 3.80. The minimum absolute atomic E-state index is 0.103. The standard InChI is InChI=1S/C15H30F2N2/c1-4-8-18-14-7-6-12(5-2)9-13(14)10-19(3)11-15(16)17/h12-15,18H,4-11H2,1-3H3. The predicted octanol–water partition coefficient (Wildman–Crippen LogP) is 3.38. The Bertz CT molecular complexity index is 236. The molecule has 0 amide bonds. The summed E-state index contributed by atoms with van der Waals surface area (Å²) < 4.78 is 24.8. The second-order valence-corrected chi connectivity index (χ2v) is 6.02. The Morgan fingerprint density at radius 2 is 2.00 bits per heavy atom. The highest BCUT2D eigenvalue weighted by Gasteiger charge is 2.30. The molecule has 2 nitrogen and oxygen atoms in total. The van der Waals surface area contributed by atoms with Crippen molar-refractivity contribution in [2.45, 2.75) is 58.4 Å². The summed E-state index contributed by atoms with van der Waals surface area (Å²) in [6, 6.07) is 0.517. The topological polar surface area (TPSA) is 15.3 Å². The number of hydrogen-bond donors (Lipinski definition) is 1. The van der Waals surface area contributed by atoms with Crippen molar-refractivity contribution in [3.05, 3.63) is 0 Å². The summed E-state index contributed by atoms with van der Waals surface area (Å²) in [4.78, 5) is 1.80. The molecule has 0 radical (unpaired) electrons.